The predicted molar refractivity (Wildman–Crippen MR) is 105 cm³/mol. The van der Waals surface area contributed by atoms with Gasteiger partial charge in [0.1, 0.15) is 19.0 Å². The second-order valence-corrected chi connectivity index (χ2v) is 6.97. The zero-order valence-corrected chi connectivity index (χ0v) is 15.8. The summed E-state index contributed by atoms with van der Waals surface area (Å²) in [5.74, 6) is 0.462. The van der Waals surface area contributed by atoms with Gasteiger partial charge in [0.05, 0.1) is 5.75 Å². The summed E-state index contributed by atoms with van der Waals surface area (Å²) in [5.41, 5.74) is 0.736. The van der Waals surface area contributed by atoms with Crippen molar-refractivity contribution < 1.29 is 18.7 Å². The van der Waals surface area contributed by atoms with Crippen molar-refractivity contribution in [3.8, 4) is 22.8 Å². The standard InChI is InChI=1S/C19H15FN4O4S/c20-12-2-4-13(5-3-12)21-16(25)10-29-19-22-18(26)17(23-24-19)11-1-6-14-15(9-11)28-8-7-27-14/h1-6,9H,7-8,10H2,(H,21,25)(H,22,24,26). The molecule has 148 valence electrons. The summed E-state index contributed by atoms with van der Waals surface area (Å²) in [5, 5.41) is 10.8. The molecule has 3 aromatic rings. The van der Waals surface area contributed by atoms with Crippen molar-refractivity contribution in [2.45, 2.75) is 5.16 Å². The molecule has 0 saturated carbocycles. The Kier molecular flexibility index (Phi) is 5.43. The van der Waals surface area contributed by atoms with Gasteiger partial charge >= 0.3 is 0 Å². The van der Waals surface area contributed by atoms with Crippen LogP contribution in [0.1, 0.15) is 0 Å². The van der Waals surface area contributed by atoms with Crippen LogP contribution in [0.15, 0.2) is 52.4 Å². The van der Waals surface area contributed by atoms with E-state index in [2.05, 4.69) is 20.5 Å². The van der Waals surface area contributed by atoms with Crippen molar-refractivity contribution in [3.05, 3.63) is 58.6 Å². The lowest BCUT2D eigenvalue weighted by Gasteiger charge is -2.18. The first-order chi connectivity index (χ1) is 14.1. The Morgan fingerprint density at radius 2 is 1.86 bits per heavy atom. The highest BCUT2D eigenvalue weighted by Crippen LogP contribution is 2.33. The number of hydrogen-bond acceptors (Lipinski definition) is 7. The third-order valence-electron chi connectivity index (χ3n) is 3.96. The van der Waals surface area contributed by atoms with E-state index in [1.807, 2.05) is 0 Å². The Balaban J connectivity index is 1.41. The highest BCUT2D eigenvalue weighted by atomic mass is 32.2. The molecule has 0 saturated heterocycles. The minimum atomic E-state index is -0.432. The molecule has 1 aromatic heterocycles. The van der Waals surface area contributed by atoms with E-state index < -0.39 is 5.56 Å². The summed E-state index contributed by atoms with van der Waals surface area (Å²) in [6, 6.07) is 10.5. The number of aromatic amines is 1. The van der Waals surface area contributed by atoms with Crippen molar-refractivity contribution in [1.82, 2.24) is 15.2 Å². The molecule has 2 N–H and O–H groups in total. The number of hydrogen-bond donors (Lipinski definition) is 2. The Morgan fingerprint density at radius 1 is 1.10 bits per heavy atom. The first-order valence-corrected chi connectivity index (χ1v) is 9.62. The van der Waals surface area contributed by atoms with Gasteiger partial charge in [-0.25, -0.2) is 4.39 Å². The number of aromatic nitrogens is 3. The molecule has 1 amide bonds. The van der Waals surface area contributed by atoms with Crippen LogP contribution in [0.25, 0.3) is 11.3 Å². The van der Waals surface area contributed by atoms with E-state index in [-0.39, 0.29) is 28.3 Å². The molecular formula is C19H15FN4O4S. The number of nitrogens with zero attached hydrogens (tertiary/aromatic N) is 2. The lowest BCUT2D eigenvalue weighted by molar-refractivity contribution is -0.113. The molecule has 0 spiro atoms. The average molecular weight is 414 g/mol. The van der Waals surface area contributed by atoms with Crippen LogP contribution in [-0.4, -0.2) is 40.1 Å². The quantitative estimate of drug-likeness (QED) is 0.618. The minimum absolute atomic E-state index is 0.00532. The van der Waals surface area contributed by atoms with Crippen molar-refractivity contribution >= 4 is 23.4 Å². The van der Waals surface area contributed by atoms with Crippen LogP contribution in [0.4, 0.5) is 10.1 Å². The number of anilines is 1. The highest BCUT2D eigenvalue weighted by Gasteiger charge is 2.15. The molecule has 0 bridgehead atoms. The van der Waals surface area contributed by atoms with Gasteiger partial charge in [-0.3, -0.25) is 14.6 Å². The molecule has 0 fully saturated rings. The molecular weight excluding hydrogens is 399 g/mol. The monoisotopic (exact) mass is 414 g/mol. The lowest BCUT2D eigenvalue weighted by atomic mass is 10.1. The van der Waals surface area contributed by atoms with Crippen LogP contribution in [-0.2, 0) is 4.79 Å². The van der Waals surface area contributed by atoms with E-state index in [0.29, 0.717) is 36.0 Å². The molecule has 8 nitrogen and oxygen atoms in total. The fourth-order valence-electron chi connectivity index (χ4n) is 2.63. The van der Waals surface area contributed by atoms with Crippen LogP contribution in [0, 0.1) is 5.82 Å². The van der Waals surface area contributed by atoms with Crippen molar-refractivity contribution in [2.24, 2.45) is 0 Å². The predicted octanol–water partition coefficient (Wildman–Crippen LogP) is 2.47. The third kappa shape index (κ3) is 4.54. The van der Waals surface area contributed by atoms with Gasteiger partial charge in [0.2, 0.25) is 5.91 Å². The second kappa shape index (κ2) is 8.31. The first kappa shape index (κ1) is 18.9. The zero-order valence-electron chi connectivity index (χ0n) is 15.0. The fourth-order valence-corrected chi connectivity index (χ4v) is 3.23. The maximum Gasteiger partial charge on any atom is 0.278 e. The highest BCUT2D eigenvalue weighted by molar-refractivity contribution is 7.99. The normalized spacial score (nSPS) is 12.4. The Labute approximate surface area is 168 Å². The van der Waals surface area contributed by atoms with Crippen LogP contribution in [0.5, 0.6) is 11.5 Å². The topological polar surface area (TPSA) is 106 Å². The number of nitrogens with one attached hydrogen (secondary N) is 2. The van der Waals surface area contributed by atoms with Gasteiger partial charge in [0.25, 0.3) is 5.56 Å². The fraction of sp³-hybridized carbons (Fsp3) is 0.158. The van der Waals surface area contributed by atoms with Gasteiger partial charge in [-0.05, 0) is 42.5 Å². The summed E-state index contributed by atoms with van der Waals surface area (Å²) in [4.78, 5) is 27.0. The number of halogens is 1. The minimum Gasteiger partial charge on any atom is -0.486 e. The van der Waals surface area contributed by atoms with Gasteiger partial charge in [-0.2, -0.15) is 0 Å². The van der Waals surface area contributed by atoms with Crippen molar-refractivity contribution in [1.29, 1.82) is 0 Å². The molecule has 0 aliphatic carbocycles. The maximum atomic E-state index is 12.9. The average Bonchev–Trinajstić information content (AvgIpc) is 2.74. The molecule has 4 rings (SSSR count). The van der Waals surface area contributed by atoms with Gasteiger partial charge in [-0.1, -0.05) is 11.8 Å². The largest absolute Gasteiger partial charge is 0.486 e. The van der Waals surface area contributed by atoms with Crippen LogP contribution >= 0.6 is 11.8 Å². The second-order valence-electron chi connectivity index (χ2n) is 6.01. The molecule has 10 heteroatoms. The molecule has 1 aliphatic rings. The summed E-state index contributed by atoms with van der Waals surface area (Å²) in [6.07, 6.45) is 0. The van der Waals surface area contributed by atoms with Gasteiger partial charge in [-0.15, -0.1) is 10.2 Å². The SMILES string of the molecule is O=C(CSc1nnc(-c2ccc3c(c2)OCCO3)c(=O)[nH]1)Nc1ccc(F)cc1. The molecule has 1 aliphatic heterocycles. The molecule has 2 aromatic carbocycles. The number of fused-ring (bicyclic) bond motifs is 1. The van der Waals surface area contributed by atoms with Crippen LogP contribution in [0.3, 0.4) is 0 Å². The lowest BCUT2D eigenvalue weighted by Crippen LogP contribution is -2.18. The number of benzene rings is 2. The Bertz CT molecular complexity index is 1100. The number of rotatable bonds is 5. The summed E-state index contributed by atoms with van der Waals surface area (Å²) in [7, 11) is 0. The smallest absolute Gasteiger partial charge is 0.278 e. The van der Waals surface area contributed by atoms with Crippen molar-refractivity contribution in [3.63, 3.8) is 0 Å². The maximum absolute atomic E-state index is 12.9. The number of carbonyl (C=O) groups is 1. The van der Waals surface area contributed by atoms with E-state index in [4.69, 9.17) is 9.47 Å². The number of thioether (sulfide) groups is 1. The van der Waals surface area contributed by atoms with E-state index in [0.717, 1.165) is 11.8 Å². The number of amides is 1. The Hall–Kier alpha value is -3.40. The number of carbonyl (C=O) groups excluding carboxylic acids is 1. The van der Waals surface area contributed by atoms with E-state index in [1.54, 1.807) is 18.2 Å². The van der Waals surface area contributed by atoms with Crippen LogP contribution in [0.2, 0.25) is 0 Å². The van der Waals surface area contributed by atoms with Crippen LogP contribution < -0.4 is 20.3 Å². The molecule has 0 atom stereocenters. The van der Waals surface area contributed by atoms with Gasteiger partial charge < -0.3 is 14.8 Å². The first-order valence-electron chi connectivity index (χ1n) is 8.64. The number of ether oxygens (including phenoxy) is 2. The van der Waals surface area contributed by atoms with Crippen molar-refractivity contribution in [2.75, 3.05) is 24.3 Å². The summed E-state index contributed by atoms with van der Waals surface area (Å²) < 4.78 is 23.9. The van der Waals surface area contributed by atoms with Gasteiger partial charge in [0.15, 0.2) is 22.3 Å². The molecule has 0 radical (unpaired) electrons. The molecule has 2 heterocycles. The van der Waals surface area contributed by atoms with E-state index in [1.165, 1.54) is 24.3 Å². The van der Waals surface area contributed by atoms with E-state index >= 15 is 0 Å². The van der Waals surface area contributed by atoms with E-state index in [9.17, 15) is 14.0 Å². The Morgan fingerprint density at radius 3 is 2.62 bits per heavy atom. The van der Waals surface area contributed by atoms with Gasteiger partial charge in [0, 0.05) is 11.3 Å². The number of H-pyrrole nitrogens is 1. The third-order valence-corrected chi connectivity index (χ3v) is 4.82. The molecule has 0 unspecified atom stereocenters. The summed E-state index contributed by atoms with van der Waals surface area (Å²) in [6.45, 7) is 0.918. The summed E-state index contributed by atoms with van der Waals surface area (Å²) >= 11 is 1.03. The zero-order chi connectivity index (χ0) is 20.2. The molecule has 29 heavy (non-hydrogen) atoms.